The number of thioether (sulfide) groups is 1. The summed E-state index contributed by atoms with van der Waals surface area (Å²) in [5.41, 5.74) is 8.49. The molecule has 61 heavy (non-hydrogen) atoms. The van der Waals surface area contributed by atoms with E-state index < -0.39 is 48.8 Å². The van der Waals surface area contributed by atoms with Crippen molar-refractivity contribution in [1.82, 2.24) is 31.2 Å². The number of nitrogen functional groups attached to an aromatic ring is 1. The van der Waals surface area contributed by atoms with Crippen molar-refractivity contribution < 1.29 is 37.8 Å². The van der Waals surface area contributed by atoms with Gasteiger partial charge in [-0.3, -0.25) is 9.59 Å². The van der Waals surface area contributed by atoms with Crippen LogP contribution in [-0.4, -0.2) is 90.3 Å². The summed E-state index contributed by atoms with van der Waals surface area (Å²) in [6.45, 7) is 3.70. The molecule has 6 N–H and O–H groups in total. The van der Waals surface area contributed by atoms with E-state index in [1.54, 1.807) is 48.5 Å². The number of halogens is 1. The minimum Gasteiger partial charge on any atom is -0.490 e. The maximum absolute atomic E-state index is 13.2. The first kappa shape index (κ1) is 44.4. The Morgan fingerprint density at radius 2 is 1.49 bits per heavy atom. The van der Waals surface area contributed by atoms with Gasteiger partial charge in [-0.2, -0.15) is 10.5 Å². The van der Waals surface area contributed by atoms with Crippen LogP contribution in [0.2, 0.25) is 5.02 Å². The lowest BCUT2D eigenvalue weighted by Crippen LogP contribution is -2.49. The lowest BCUT2D eigenvalue weighted by atomic mass is 9.97. The van der Waals surface area contributed by atoms with E-state index >= 15 is 0 Å². The number of nitrogens with one attached hydrogen (secondary N) is 4. The first-order chi connectivity index (χ1) is 29.4. The number of hydrogen-bond donors (Lipinski definition) is 5. The molecule has 17 nitrogen and oxygen atoms in total. The van der Waals surface area contributed by atoms with Gasteiger partial charge in [-0.25, -0.2) is 19.6 Å². The largest absolute Gasteiger partial charge is 0.490 e. The van der Waals surface area contributed by atoms with Crippen molar-refractivity contribution in [2.45, 2.75) is 80.6 Å². The molecule has 0 saturated carbocycles. The molecular formula is C42H44ClN9O8S. The van der Waals surface area contributed by atoms with Gasteiger partial charge in [0.2, 0.25) is 17.7 Å². The van der Waals surface area contributed by atoms with Gasteiger partial charge in [-0.1, -0.05) is 35.5 Å². The van der Waals surface area contributed by atoms with Gasteiger partial charge >= 0.3 is 11.9 Å². The van der Waals surface area contributed by atoms with Gasteiger partial charge in [0.15, 0.2) is 6.10 Å². The van der Waals surface area contributed by atoms with Gasteiger partial charge < -0.3 is 45.6 Å². The molecular weight excluding hydrogens is 826 g/mol. The number of carbonyl (C=O) groups excluding carboxylic acids is 4. The number of amides is 2. The molecule has 4 aromatic rings. The number of nitrogens with zero attached hydrogens (tertiary/aromatic N) is 4. The molecule has 2 aliphatic rings. The molecule has 2 saturated heterocycles. The summed E-state index contributed by atoms with van der Waals surface area (Å²) < 4.78 is 22.8. The number of hydrogen-bond acceptors (Lipinski definition) is 16. The van der Waals surface area contributed by atoms with Crippen molar-refractivity contribution in [2.75, 3.05) is 32.0 Å². The second-order valence-corrected chi connectivity index (χ2v) is 15.8. The molecule has 2 aromatic heterocycles. The Bertz CT molecular complexity index is 2300. The molecule has 0 aliphatic carbocycles. The van der Waals surface area contributed by atoms with E-state index in [0.29, 0.717) is 58.9 Å². The average Bonchev–Trinajstić information content (AvgIpc) is 4.09. The SMILES string of the molecule is C[C@H](NC(=O)[C@@H]1CCCN1)C(=O)OC[C@H](COc1ccc(-c2c(C#N)c(N)nc(SCc3coc(-c4ccc(Cl)cc4)n3)c2C#N)cc1)OC(=O)[C@H](C)NC(=O)[C@@H]1CCCN1. The van der Waals surface area contributed by atoms with Crippen molar-refractivity contribution in [2.24, 2.45) is 0 Å². The predicted molar refractivity (Wildman–Crippen MR) is 224 cm³/mol. The number of ether oxygens (including phenoxy) is 3. The van der Waals surface area contributed by atoms with Crippen LogP contribution in [0.25, 0.3) is 22.6 Å². The minimum atomic E-state index is -1.12. The average molecular weight is 870 g/mol. The summed E-state index contributed by atoms with van der Waals surface area (Å²) >= 11 is 7.21. The maximum atomic E-state index is 13.2. The second kappa shape index (κ2) is 20.9. The van der Waals surface area contributed by atoms with Crippen LogP contribution in [0.4, 0.5) is 5.82 Å². The number of anilines is 1. The third-order valence-electron chi connectivity index (χ3n) is 9.87. The third kappa shape index (κ3) is 11.6. The summed E-state index contributed by atoms with van der Waals surface area (Å²) in [6.07, 6.45) is 3.38. The van der Waals surface area contributed by atoms with E-state index in [9.17, 15) is 29.7 Å². The van der Waals surface area contributed by atoms with Gasteiger partial charge in [0.1, 0.15) is 65.9 Å². The highest BCUT2D eigenvalue weighted by molar-refractivity contribution is 7.98. The Labute approximate surface area is 361 Å². The molecule has 19 heteroatoms. The lowest BCUT2D eigenvalue weighted by molar-refractivity contribution is -0.163. The van der Waals surface area contributed by atoms with Crippen LogP contribution in [0, 0.1) is 22.7 Å². The van der Waals surface area contributed by atoms with Crippen LogP contribution in [0.3, 0.4) is 0 Å². The summed E-state index contributed by atoms with van der Waals surface area (Å²) in [6, 6.07) is 14.9. The van der Waals surface area contributed by atoms with Gasteiger partial charge in [0, 0.05) is 21.9 Å². The van der Waals surface area contributed by atoms with Crippen molar-refractivity contribution >= 4 is 52.9 Å². The number of esters is 2. The minimum absolute atomic E-state index is 0.0182. The molecule has 6 rings (SSSR count). The fourth-order valence-corrected chi connectivity index (χ4v) is 7.58. The van der Waals surface area contributed by atoms with Crippen molar-refractivity contribution in [3.05, 3.63) is 76.6 Å². The highest BCUT2D eigenvalue weighted by Crippen LogP contribution is 2.37. The second-order valence-electron chi connectivity index (χ2n) is 14.4. The molecule has 0 spiro atoms. The summed E-state index contributed by atoms with van der Waals surface area (Å²) in [4.78, 5) is 60.2. The molecule has 2 aliphatic heterocycles. The topological polar surface area (TPSA) is 257 Å². The number of aromatic nitrogens is 2. The van der Waals surface area contributed by atoms with Gasteiger partial charge in [0.25, 0.3) is 0 Å². The van der Waals surface area contributed by atoms with Crippen LogP contribution < -0.4 is 31.7 Å². The summed E-state index contributed by atoms with van der Waals surface area (Å²) in [7, 11) is 0. The Morgan fingerprint density at radius 3 is 2.08 bits per heavy atom. The fourth-order valence-electron chi connectivity index (χ4n) is 6.58. The number of oxazole rings is 1. The normalized spacial score (nSPS) is 17.3. The first-order valence-electron chi connectivity index (χ1n) is 19.6. The van der Waals surface area contributed by atoms with Gasteiger partial charge in [0.05, 0.1) is 23.3 Å². The van der Waals surface area contributed by atoms with Gasteiger partial charge in [-0.05, 0) is 94.6 Å². The van der Waals surface area contributed by atoms with Gasteiger partial charge in [-0.15, -0.1) is 0 Å². The zero-order valence-corrected chi connectivity index (χ0v) is 34.9. The van der Waals surface area contributed by atoms with Crippen LogP contribution in [0.15, 0.2) is 64.2 Å². The number of nitriles is 2. The quantitative estimate of drug-likeness (QED) is 0.0742. The Morgan fingerprint density at radius 1 is 0.885 bits per heavy atom. The Hall–Kier alpha value is -6.18. The zero-order chi connectivity index (χ0) is 43.5. The number of nitrogens with two attached hydrogens (primary N) is 1. The molecule has 4 heterocycles. The van der Waals surface area contributed by atoms with Crippen molar-refractivity contribution in [1.29, 1.82) is 10.5 Å². The number of benzene rings is 2. The van der Waals surface area contributed by atoms with E-state index in [0.717, 1.165) is 18.4 Å². The van der Waals surface area contributed by atoms with E-state index in [1.165, 1.54) is 31.9 Å². The molecule has 0 bridgehead atoms. The Balaban J connectivity index is 1.13. The fraction of sp³-hybridized carbons (Fsp3) is 0.381. The lowest BCUT2D eigenvalue weighted by Gasteiger charge is -2.23. The number of rotatable bonds is 17. The molecule has 2 amide bonds. The molecule has 0 unspecified atom stereocenters. The molecule has 318 valence electrons. The highest BCUT2D eigenvalue weighted by Gasteiger charge is 2.30. The zero-order valence-electron chi connectivity index (χ0n) is 33.4. The van der Waals surface area contributed by atoms with Crippen LogP contribution >= 0.6 is 23.4 Å². The smallest absolute Gasteiger partial charge is 0.328 e. The van der Waals surface area contributed by atoms with E-state index in [1.807, 2.05) is 0 Å². The first-order valence-corrected chi connectivity index (χ1v) is 20.9. The molecule has 2 fully saturated rings. The number of pyridine rings is 1. The molecule has 0 radical (unpaired) electrons. The Kier molecular flexibility index (Phi) is 15.2. The van der Waals surface area contributed by atoms with E-state index in [-0.39, 0.29) is 46.7 Å². The van der Waals surface area contributed by atoms with Crippen LogP contribution in [0.5, 0.6) is 5.75 Å². The van der Waals surface area contributed by atoms with Crippen LogP contribution in [-0.2, 0) is 34.4 Å². The molecule has 2 aromatic carbocycles. The standard InChI is InChI=1S/C42H44ClN9O8S/c1-23(49-37(53)33-5-3-15-47-33)41(55)59-21-30(60-42(56)24(2)50-38(54)34-6-4-16-48-34)20-57-29-13-9-25(10-14-29)35-31(17-44)36(46)52-40(32(35)18-45)61-22-28-19-58-39(51-28)26-7-11-27(43)12-8-26/h7-14,19,23-24,30,33-34,47-48H,3-6,15-16,20-22H2,1-2H3,(H2,46,52)(H,49,53)(H,50,54)/t23-,24-,30-,33-,34-/m0/s1. The van der Waals surface area contributed by atoms with Crippen molar-refractivity contribution in [3.8, 4) is 40.5 Å². The highest BCUT2D eigenvalue weighted by atomic mass is 35.5. The van der Waals surface area contributed by atoms with E-state index in [2.05, 4.69) is 43.4 Å². The summed E-state index contributed by atoms with van der Waals surface area (Å²) in [5.74, 6) is -1.24. The maximum Gasteiger partial charge on any atom is 0.328 e. The van der Waals surface area contributed by atoms with E-state index in [4.69, 9.17) is 36.0 Å². The monoisotopic (exact) mass is 869 g/mol. The number of carbonyl (C=O) groups is 4. The summed E-state index contributed by atoms with van der Waals surface area (Å²) in [5, 5.41) is 32.7. The molecule has 5 atom stereocenters. The predicted octanol–water partition coefficient (Wildman–Crippen LogP) is 4.02. The van der Waals surface area contributed by atoms with Crippen LogP contribution in [0.1, 0.15) is 56.4 Å². The third-order valence-corrected chi connectivity index (χ3v) is 11.1. The van der Waals surface area contributed by atoms with Crippen molar-refractivity contribution in [3.63, 3.8) is 0 Å².